The molecule has 5 rings (SSSR count). The minimum absolute atomic E-state index is 0.984. The van der Waals surface area contributed by atoms with Crippen LogP contribution in [0.2, 0.25) is 0 Å². The minimum Gasteiger partial charge on any atom is -0.348 e. The van der Waals surface area contributed by atoms with Gasteiger partial charge >= 0.3 is 0 Å². The van der Waals surface area contributed by atoms with Crippen LogP contribution in [-0.4, -0.2) is 7.05 Å². The van der Waals surface area contributed by atoms with Crippen molar-refractivity contribution in [3.05, 3.63) is 107 Å². The number of anilines is 1. The number of rotatable bonds is 5. The van der Waals surface area contributed by atoms with E-state index >= 15 is 0 Å². The Morgan fingerprint density at radius 1 is 0.938 bits per heavy atom. The van der Waals surface area contributed by atoms with E-state index in [1.807, 2.05) is 0 Å². The van der Waals surface area contributed by atoms with Crippen LogP contribution < -0.4 is 9.47 Å². The standard InChI is InChI=1S/C30H31N2/c1-4-5-12-26-20-24(21-27-19-23-11-9-10-15-29(23)31(27)3)28-18-22(2)16-17-30(28)32(26)25-13-7-6-8-14-25/h6-11,13-18,20-21H,4-5,12,19H2,1-3H3/q+1. The second-order valence-corrected chi connectivity index (χ2v) is 8.89. The van der Waals surface area contributed by atoms with Gasteiger partial charge in [0.15, 0.2) is 5.69 Å². The highest BCUT2D eigenvalue weighted by molar-refractivity contribution is 5.88. The van der Waals surface area contributed by atoms with Gasteiger partial charge in [0.25, 0.3) is 0 Å². The topological polar surface area (TPSA) is 7.12 Å². The normalized spacial score (nSPS) is 14.3. The first-order valence-electron chi connectivity index (χ1n) is 11.7. The van der Waals surface area contributed by atoms with Crippen molar-refractivity contribution in [2.24, 2.45) is 0 Å². The number of allylic oxidation sites excluding steroid dienone is 1. The lowest BCUT2D eigenvalue weighted by Crippen LogP contribution is -2.37. The first kappa shape index (κ1) is 20.5. The van der Waals surface area contributed by atoms with Gasteiger partial charge in [-0.05, 0) is 42.7 Å². The Hall–Kier alpha value is -3.39. The van der Waals surface area contributed by atoms with Crippen molar-refractivity contribution < 1.29 is 4.57 Å². The van der Waals surface area contributed by atoms with Crippen LogP contribution in [0, 0.1) is 6.92 Å². The Balaban J connectivity index is 1.73. The van der Waals surface area contributed by atoms with Gasteiger partial charge in [0.1, 0.15) is 0 Å². The van der Waals surface area contributed by atoms with E-state index in [0.29, 0.717) is 0 Å². The second kappa shape index (κ2) is 8.63. The lowest BCUT2D eigenvalue weighted by molar-refractivity contribution is -0.576. The molecule has 0 saturated heterocycles. The molecular weight excluding hydrogens is 388 g/mol. The van der Waals surface area contributed by atoms with E-state index in [1.54, 1.807) is 0 Å². The van der Waals surface area contributed by atoms with E-state index < -0.39 is 0 Å². The molecule has 32 heavy (non-hydrogen) atoms. The van der Waals surface area contributed by atoms with Crippen LogP contribution in [0.4, 0.5) is 5.69 Å². The lowest BCUT2D eigenvalue weighted by Gasteiger charge is -2.16. The summed E-state index contributed by atoms with van der Waals surface area (Å²) in [6.07, 6.45) is 6.84. The highest BCUT2D eigenvalue weighted by Crippen LogP contribution is 2.35. The molecule has 0 spiro atoms. The highest BCUT2D eigenvalue weighted by atomic mass is 15.1. The average Bonchev–Trinajstić information content (AvgIpc) is 3.13. The van der Waals surface area contributed by atoms with E-state index in [0.717, 1.165) is 12.8 Å². The summed E-state index contributed by atoms with van der Waals surface area (Å²) in [5.74, 6) is 0. The monoisotopic (exact) mass is 419 g/mol. The largest absolute Gasteiger partial charge is 0.348 e. The molecule has 160 valence electrons. The molecule has 0 fully saturated rings. The van der Waals surface area contributed by atoms with Crippen LogP contribution in [0.5, 0.6) is 0 Å². The van der Waals surface area contributed by atoms with E-state index in [1.165, 1.54) is 63.2 Å². The van der Waals surface area contributed by atoms with E-state index in [2.05, 4.69) is 115 Å². The van der Waals surface area contributed by atoms with Crippen molar-refractivity contribution in [2.75, 3.05) is 11.9 Å². The molecule has 0 radical (unpaired) electrons. The molecule has 0 saturated carbocycles. The molecule has 3 aromatic carbocycles. The molecule has 2 nitrogen and oxygen atoms in total. The van der Waals surface area contributed by atoms with Crippen LogP contribution >= 0.6 is 0 Å². The summed E-state index contributed by atoms with van der Waals surface area (Å²) in [5, 5.41) is 1.31. The van der Waals surface area contributed by atoms with Crippen LogP contribution in [-0.2, 0) is 12.8 Å². The molecule has 1 aliphatic heterocycles. The first-order valence-corrected chi connectivity index (χ1v) is 11.7. The van der Waals surface area contributed by atoms with Gasteiger partial charge in [0.05, 0.1) is 5.39 Å². The number of para-hydroxylation sites is 2. The molecule has 0 N–H and O–H groups in total. The lowest BCUT2D eigenvalue weighted by atomic mass is 10.0. The van der Waals surface area contributed by atoms with Gasteiger partial charge in [-0.2, -0.15) is 4.57 Å². The van der Waals surface area contributed by atoms with Gasteiger partial charge in [-0.3, -0.25) is 0 Å². The van der Waals surface area contributed by atoms with Crippen molar-refractivity contribution in [1.29, 1.82) is 0 Å². The van der Waals surface area contributed by atoms with E-state index in [-0.39, 0.29) is 0 Å². The zero-order chi connectivity index (χ0) is 22.1. The summed E-state index contributed by atoms with van der Waals surface area (Å²) in [6.45, 7) is 4.45. The number of pyridine rings is 1. The predicted octanol–water partition coefficient (Wildman–Crippen LogP) is 6.80. The summed E-state index contributed by atoms with van der Waals surface area (Å²) in [5.41, 5.74) is 10.6. The van der Waals surface area contributed by atoms with Crippen molar-refractivity contribution >= 4 is 22.7 Å². The maximum atomic E-state index is 2.46. The Morgan fingerprint density at radius 2 is 1.72 bits per heavy atom. The molecule has 2 heteroatoms. The van der Waals surface area contributed by atoms with Gasteiger partial charge < -0.3 is 4.90 Å². The summed E-state index contributed by atoms with van der Waals surface area (Å²) in [6, 6.07) is 28.8. The SMILES string of the molecule is CCCCc1cc(/C=C2\Cc3ccccc3N2C)c2cc(C)ccc2[n+]1-c1ccccc1. The van der Waals surface area contributed by atoms with Crippen LogP contribution in [0.1, 0.15) is 42.1 Å². The third kappa shape index (κ3) is 3.71. The summed E-state index contributed by atoms with van der Waals surface area (Å²) >= 11 is 0. The Morgan fingerprint density at radius 3 is 2.50 bits per heavy atom. The number of benzene rings is 3. The smallest absolute Gasteiger partial charge is 0.219 e. The van der Waals surface area contributed by atoms with Crippen molar-refractivity contribution in [3.8, 4) is 5.69 Å². The van der Waals surface area contributed by atoms with Gasteiger partial charge in [-0.25, -0.2) is 0 Å². The quantitative estimate of drug-likeness (QED) is 0.323. The number of aryl methyl sites for hydroxylation is 2. The number of nitrogens with zero attached hydrogens (tertiary/aromatic N) is 2. The fraction of sp³-hybridized carbons (Fsp3) is 0.233. The molecule has 0 bridgehead atoms. The van der Waals surface area contributed by atoms with Gasteiger partial charge in [-0.15, -0.1) is 0 Å². The zero-order valence-corrected chi connectivity index (χ0v) is 19.3. The van der Waals surface area contributed by atoms with Crippen LogP contribution in [0.15, 0.2) is 84.6 Å². The number of fused-ring (bicyclic) bond motifs is 2. The molecule has 0 atom stereocenters. The first-order chi connectivity index (χ1) is 15.7. The molecule has 0 amide bonds. The number of aromatic nitrogens is 1. The van der Waals surface area contributed by atoms with Crippen molar-refractivity contribution in [2.45, 2.75) is 39.5 Å². The molecule has 0 unspecified atom stereocenters. The number of unbranched alkanes of at least 4 members (excludes halogenated alkanes) is 1. The Labute approximate surface area is 191 Å². The van der Waals surface area contributed by atoms with Gasteiger partial charge in [0, 0.05) is 55.5 Å². The van der Waals surface area contributed by atoms with Crippen molar-refractivity contribution in [1.82, 2.24) is 0 Å². The molecule has 1 aliphatic rings. The Kier molecular flexibility index (Phi) is 5.53. The summed E-state index contributed by atoms with van der Waals surface area (Å²) < 4.78 is 2.46. The minimum atomic E-state index is 0.984. The maximum Gasteiger partial charge on any atom is 0.219 e. The third-order valence-electron chi connectivity index (χ3n) is 6.59. The zero-order valence-electron chi connectivity index (χ0n) is 19.3. The molecule has 2 heterocycles. The number of hydrogen-bond donors (Lipinski definition) is 0. The van der Waals surface area contributed by atoms with Gasteiger partial charge in [0.2, 0.25) is 11.2 Å². The number of likely N-dealkylation sites (N-methyl/N-ethyl adjacent to an activating group) is 1. The fourth-order valence-corrected chi connectivity index (χ4v) is 4.88. The van der Waals surface area contributed by atoms with Crippen LogP contribution in [0.3, 0.4) is 0 Å². The molecule has 1 aromatic heterocycles. The predicted molar refractivity (Wildman–Crippen MR) is 135 cm³/mol. The van der Waals surface area contributed by atoms with E-state index in [4.69, 9.17) is 0 Å². The maximum absolute atomic E-state index is 2.46. The molecular formula is C30H31N2+. The van der Waals surface area contributed by atoms with Crippen LogP contribution in [0.25, 0.3) is 22.7 Å². The summed E-state index contributed by atoms with van der Waals surface area (Å²) in [7, 11) is 2.19. The van der Waals surface area contributed by atoms with Gasteiger partial charge in [-0.1, -0.05) is 61.4 Å². The Bertz CT molecular complexity index is 1300. The molecule has 4 aromatic rings. The summed E-state index contributed by atoms with van der Waals surface area (Å²) in [4.78, 5) is 2.35. The highest BCUT2D eigenvalue weighted by Gasteiger charge is 2.24. The third-order valence-corrected chi connectivity index (χ3v) is 6.59. The molecule has 0 aliphatic carbocycles. The average molecular weight is 420 g/mol. The fourth-order valence-electron chi connectivity index (χ4n) is 4.88. The second-order valence-electron chi connectivity index (χ2n) is 8.89. The van der Waals surface area contributed by atoms with Crippen molar-refractivity contribution in [3.63, 3.8) is 0 Å². The number of hydrogen-bond acceptors (Lipinski definition) is 1. The van der Waals surface area contributed by atoms with E-state index in [9.17, 15) is 0 Å².